The van der Waals surface area contributed by atoms with Crippen molar-refractivity contribution in [3.63, 3.8) is 0 Å². The summed E-state index contributed by atoms with van der Waals surface area (Å²) in [6, 6.07) is 4.88. The van der Waals surface area contributed by atoms with E-state index in [2.05, 4.69) is 15.9 Å². The first-order valence-corrected chi connectivity index (χ1v) is 5.44. The highest BCUT2D eigenvalue weighted by molar-refractivity contribution is 9.10. The molecule has 1 aromatic rings. The first-order chi connectivity index (χ1) is 6.99. The highest BCUT2D eigenvalue weighted by Gasteiger charge is 2.26. The quantitative estimate of drug-likeness (QED) is 0.917. The Morgan fingerprint density at radius 2 is 2.20 bits per heavy atom. The third-order valence-corrected chi connectivity index (χ3v) is 2.94. The van der Waals surface area contributed by atoms with Crippen molar-refractivity contribution in [2.75, 3.05) is 13.7 Å². The molecular weight excluding hydrogens is 263 g/mol. The van der Waals surface area contributed by atoms with Gasteiger partial charge in [0.15, 0.2) is 0 Å². The van der Waals surface area contributed by atoms with Gasteiger partial charge in [0.25, 0.3) is 0 Å². The zero-order valence-electron chi connectivity index (χ0n) is 8.76. The predicted molar refractivity (Wildman–Crippen MR) is 60.2 cm³/mol. The van der Waals surface area contributed by atoms with E-state index >= 15 is 0 Å². The molecule has 0 spiro atoms. The summed E-state index contributed by atoms with van der Waals surface area (Å²) < 4.78 is 18.9. The lowest BCUT2D eigenvalue weighted by atomic mass is 9.92. The number of benzene rings is 1. The first kappa shape index (κ1) is 12.6. The predicted octanol–water partition coefficient (Wildman–Crippen LogP) is 2.83. The fourth-order valence-electron chi connectivity index (χ4n) is 1.36. The third kappa shape index (κ3) is 3.00. The summed E-state index contributed by atoms with van der Waals surface area (Å²) in [5.41, 5.74) is -0.918. The summed E-state index contributed by atoms with van der Waals surface area (Å²) in [5, 5.41) is 10.1. The number of hydrogen-bond acceptors (Lipinski definition) is 2. The maximum atomic E-state index is 13.7. The van der Waals surface area contributed by atoms with E-state index in [9.17, 15) is 9.50 Å². The molecule has 0 aliphatic carbocycles. The minimum absolute atomic E-state index is 0.286. The Balaban J connectivity index is 2.98. The number of halogens is 2. The van der Waals surface area contributed by atoms with Crippen molar-refractivity contribution in [3.05, 3.63) is 34.1 Å². The van der Waals surface area contributed by atoms with Gasteiger partial charge in [0.05, 0.1) is 10.1 Å². The van der Waals surface area contributed by atoms with Crippen molar-refractivity contribution < 1.29 is 14.2 Å². The second-order valence-electron chi connectivity index (χ2n) is 3.62. The molecule has 0 saturated heterocycles. The largest absolute Gasteiger partial charge is 0.385 e. The molecule has 0 heterocycles. The Morgan fingerprint density at radius 3 is 2.80 bits per heavy atom. The van der Waals surface area contributed by atoms with Crippen LogP contribution in [0.25, 0.3) is 0 Å². The maximum absolute atomic E-state index is 13.7. The van der Waals surface area contributed by atoms with Crippen molar-refractivity contribution in [1.82, 2.24) is 0 Å². The van der Waals surface area contributed by atoms with Crippen LogP contribution in [0.4, 0.5) is 4.39 Å². The summed E-state index contributed by atoms with van der Waals surface area (Å²) in [7, 11) is 1.55. The van der Waals surface area contributed by atoms with E-state index in [1.807, 2.05) is 0 Å². The van der Waals surface area contributed by atoms with Crippen LogP contribution in [0.1, 0.15) is 18.9 Å². The molecule has 0 bridgehead atoms. The number of methoxy groups -OCH3 is 1. The van der Waals surface area contributed by atoms with Crippen LogP contribution in [0.2, 0.25) is 0 Å². The fraction of sp³-hybridized carbons (Fsp3) is 0.455. The van der Waals surface area contributed by atoms with Crippen LogP contribution >= 0.6 is 15.9 Å². The van der Waals surface area contributed by atoms with Gasteiger partial charge < -0.3 is 9.84 Å². The topological polar surface area (TPSA) is 29.5 Å². The van der Waals surface area contributed by atoms with Crippen LogP contribution in [0.5, 0.6) is 0 Å². The van der Waals surface area contributed by atoms with E-state index in [4.69, 9.17) is 4.74 Å². The van der Waals surface area contributed by atoms with Crippen molar-refractivity contribution in [2.24, 2.45) is 0 Å². The van der Waals surface area contributed by atoms with Crippen molar-refractivity contribution in [2.45, 2.75) is 18.9 Å². The smallest absolute Gasteiger partial charge is 0.143 e. The third-order valence-electron chi connectivity index (χ3n) is 2.32. The van der Waals surface area contributed by atoms with Crippen LogP contribution in [0.3, 0.4) is 0 Å². The Bertz CT molecular complexity index is 339. The molecule has 0 fully saturated rings. The van der Waals surface area contributed by atoms with Gasteiger partial charge in [0.1, 0.15) is 5.82 Å². The molecule has 2 nitrogen and oxygen atoms in total. The Labute approximate surface area is 97.2 Å². The standard InChI is InChI=1S/C11H14BrFO2/c1-11(14,6-7-15-2)8-4-3-5-9(12)10(8)13/h3-5,14H,6-7H2,1-2H3. The minimum Gasteiger partial charge on any atom is -0.385 e. The van der Waals surface area contributed by atoms with E-state index < -0.39 is 11.4 Å². The summed E-state index contributed by atoms with van der Waals surface area (Å²) >= 11 is 3.09. The Hall–Kier alpha value is -0.450. The lowest BCUT2D eigenvalue weighted by molar-refractivity contribution is 0.0180. The highest BCUT2D eigenvalue weighted by atomic mass is 79.9. The summed E-state index contributed by atoms with van der Waals surface area (Å²) in [5.74, 6) is -0.418. The number of ether oxygens (including phenoxy) is 1. The number of aliphatic hydroxyl groups is 1. The van der Waals surface area contributed by atoms with Gasteiger partial charge in [-0.25, -0.2) is 4.39 Å². The Morgan fingerprint density at radius 1 is 1.53 bits per heavy atom. The van der Waals surface area contributed by atoms with E-state index in [1.54, 1.807) is 32.2 Å². The molecule has 1 aromatic carbocycles. The molecule has 0 saturated carbocycles. The second kappa shape index (κ2) is 5.05. The Kier molecular flexibility index (Phi) is 4.25. The SMILES string of the molecule is COCCC(C)(O)c1cccc(Br)c1F. The molecule has 0 aromatic heterocycles. The van der Waals surface area contributed by atoms with Crippen molar-refractivity contribution in [1.29, 1.82) is 0 Å². The molecule has 0 amide bonds. The van der Waals surface area contributed by atoms with E-state index in [1.165, 1.54) is 0 Å². The average Bonchev–Trinajstić information content (AvgIpc) is 2.19. The van der Waals surface area contributed by atoms with Gasteiger partial charge in [-0.15, -0.1) is 0 Å². The van der Waals surface area contributed by atoms with Crippen LogP contribution in [-0.4, -0.2) is 18.8 Å². The van der Waals surface area contributed by atoms with Crippen molar-refractivity contribution >= 4 is 15.9 Å². The molecule has 0 aliphatic heterocycles. The van der Waals surface area contributed by atoms with Crippen LogP contribution in [-0.2, 0) is 10.3 Å². The second-order valence-corrected chi connectivity index (χ2v) is 4.47. The van der Waals surface area contributed by atoms with Gasteiger partial charge in [-0.2, -0.15) is 0 Å². The molecule has 84 valence electrons. The summed E-state index contributed by atoms with van der Waals surface area (Å²) in [4.78, 5) is 0. The van der Waals surface area contributed by atoms with E-state index in [0.717, 1.165) is 0 Å². The number of hydrogen-bond donors (Lipinski definition) is 1. The lowest BCUT2D eigenvalue weighted by Crippen LogP contribution is -2.24. The molecule has 0 aliphatic rings. The minimum atomic E-state index is -1.20. The van der Waals surface area contributed by atoms with Crippen molar-refractivity contribution in [3.8, 4) is 0 Å². The molecule has 1 atom stereocenters. The molecule has 0 radical (unpaired) electrons. The molecule has 1 rings (SSSR count). The molecule has 1 N–H and O–H groups in total. The molecular formula is C11H14BrFO2. The summed E-state index contributed by atoms with van der Waals surface area (Å²) in [6.07, 6.45) is 0.358. The van der Waals surface area contributed by atoms with Gasteiger partial charge in [0, 0.05) is 25.7 Å². The van der Waals surface area contributed by atoms with Gasteiger partial charge in [-0.05, 0) is 28.9 Å². The molecule has 15 heavy (non-hydrogen) atoms. The van der Waals surface area contributed by atoms with Gasteiger partial charge >= 0.3 is 0 Å². The van der Waals surface area contributed by atoms with E-state index in [0.29, 0.717) is 17.5 Å². The van der Waals surface area contributed by atoms with Gasteiger partial charge in [-0.1, -0.05) is 12.1 Å². The first-order valence-electron chi connectivity index (χ1n) is 4.65. The zero-order valence-corrected chi connectivity index (χ0v) is 10.3. The summed E-state index contributed by atoms with van der Waals surface area (Å²) in [6.45, 7) is 1.97. The van der Waals surface area contributed by atoms with Crippen LogP contribution in [0.15, 0.2) is 22.7 Å². The monoisotopic (exact) mass is 276 g/mol. The average molecular weight is 277 g/mol. The molecule has 4 heteroatoms. The van der Waals surface area contributed by atoms with Crippen LogP contribution < -0.4 is 0 Å². The van der Waals surface area contributed by atoms with Gasteiger partial charge in [-0.3, -0.25) is 0 Å². The maximum Gasteiger partial charge on any atom is 0.143 e. The lowest BCUT2D eigenvalue weighted by Gasteiger charge is -2.24. The highest BCUT2D eigenvalue weighted by Crippen LogP contribution is 2.30. The van der Waals surface area contributed by atoms with Gasteiger partial charge in [0.2, 0.25) is 0 Å². The van der Waals surface area contributed by atoms with E-state index in [-0.39, 0.29) is 5.56 Å². The van der Waals surface area contributed by atoms with Crippen LogP contribution in [0, 0.1) is 5.82 Å². The number of rotatable bonds is 4. The fourth-order valence-corrected chi connectivity index (χ4v) is 1.72. The molecule has 1 unspecified atom stereocenters. The normalized spacial score (nSPS) is 15.0. The zero-order chi connectivity index (χ0) is 11.5.